The van der Waals surface area contributed by atoms with E-state index >= 15 is 0 Å². The van der Waals surface area contributed by atoms with Crippen LogP contribution in [0.25, 0.3) is 0 Å². The lowest BCUT2D eigenvalue weighted by Crippen LogP contribution is -2.25. The lowest BCUT2D eigenvalue weighted by molar-refractivity contribution is 0.602. The van der Waals surface area contributed by atoms with Gasteiger partial charge in [-0.1, -0.05) is 12.1 Å². The molecule has 72 valence electrons. The summed E-state index contributed by atoms with van der Waals surface area (Å²) in [6, 6.07) is 8.51. The zero-order valence-electron chi connectivity index (χ0n) is 8.41. The van der Waals surface area contributed by atoms with Gasteiger partial charge in [0.25, 0.3) is 0 Å². The van der Waals surface area contributed by atoms with Crippen molar-refractivity contribution in [3.05, 3.63) is 29.8 Å². The van der Waals surface area contributed by atoms with Crippen molar-refractivity contribution >= 4 is 5.69 Å². The Morgan fingerprint density at radius 2 is 2.08 bits per heavy atom. The minimum atomic E-state index is 0.194. The molecule has 0 aliphatic rings. The van der Waals surface area contributed by atoms with E-state index in [1.54, 1.807) is 0 Å². The quantitative estimate of drug-likeness (QED) is 0.542. The molecule has 0 unspecified atom stereocenters. The van der Waals surface area contributed by atoms with E-state index in [0.29, 0.717) is 0 Å². The normalized spacial score (nSPS) is 12.6. The van der Waals surface area contributed by atoms with Crippen molar-refractivity contribution < 1.29 is 0 Å². The van der Waals surface area contributed by atoms with Crippen molar-refractivity contribution in [2.75, 3.05) is 19.0 Å². The van der Waals surface area contributed by atoms with Crippen LogP contribution < -0.4 is 16.2 Å². The molecule has 0 aliphatic heterocycles. The first-order valence-electron chi connectivity index (χ1n) is 4.38. The first kappa shape index (κ1) is 10.0. The second kappa shape index (κ2) is 4.25. The Kier molecular flexibility index (Phi) is 3.28. The fraction of sp³-hybridized carbons (Fsp3) is 0.400. The van der Waals surface area contributed by atoms with Crippen LogP contribution in [-0.2, 0) is 0 Å². The van der Waals surface area contributed by atoms with Crippen LogP contribution >= 0.6 is 0 Å². The Morgan fingerprint density at radius 3 is 2.62 bits per heavy atom. The van der Waals surface area contributed by atoms with Crippen LogP contribution in [0.15, 0.2) is 24.3 Å². The number of nitrogens with zero attached hydrogens (tertiary/aromatic N) is 1. The van der Waals surface area contributed by atoms with E-state index in [4.69, 9.17) is 5.84 Å². The maximum absolute atomic E-state index is 5.37. The first-order chi connectivity index (χ1) is 6.15. The number of rotatable bonds is 3. The molecule has 1 rings (SSSR count). The predicted molar refractivity (Wildman–Crippen MR) is 56.5 cm³/mol. The van der Waals surface area contributed by atoms with Gasteiger partial charge in [-0.25, -0.2) is 0 Å². The van der Waals surface area contributed by atoms with Crippen LogP contribution in [-0.4, -0.2) is 14.1 Å². The highest BCUT2D eigenvalue weighted by atomic mass is 15.2. The van der Waals surface area contributed by atoms with Crippen molar-refractivity contribution in [1.82, 2.24) is 5.43 Å². The van der Waals surface area contributed by atoms with E-state index < -0.39 is 0 Å². The minimum absolute atomic E-state index is 0.194. The molecule has 0 bridgehead atoms. The average molecular weight is 179 g/mol. The fourth-order valence-electron chi connectivity index (χ4n) is 1.17. The van der Waals surface area contributed by atoms with Crippen LogP contribution in [0.3, 0.4) is 0 Å². The Morgan fingerprint density at radius 1 is 1.38 bits per heavy atom. The number of benzene rings is 1. The molecule has 13 heavy (non-hydrogen) atoms. The van der Waals surface area contributed by atoms with Gasteiger partial charge in [0.05, 0.1) is 0 Å². The average Bonchev–Trinajstić information content (AvgIpc) is 2.17. The number of hydrogen-bond donors (Lipinski definition) is 2. The highest BCUT2D eigenvalue weighted by Crippen LogP contribution is 2.18. The van der Waals surface area contributed by atoms with Gasteiger partial charge in [0.1, 0.15) is 0 Å². The van der Waals surface area contributed by atoms with Gasteiger partial charge in [0, 0.05) is 25.8 Å². The summed E-state index contributed by atoms with van der Waals surface area (Å²) in [5.74, 6) is 5.37. The summed E-state index contributed by atoms with van der Waals surface area (Å²) in [5, 5.41) is 0. The van der Waals surface area contributed by atoms with E-state index in [9.17, 15) is 0 Å². The first-order valence-corrected chi connectivity index (χ1v) is 4.38. The van der Waals surface area contributed by atoms with Crippen LogP contribution in [0, 0.1) is 0 Å². The molecule has 0 heterocycles. The monoisotopic (exact) mass is 179 g/mol. The number of hydrogen-bond acceptors (Lipinski definition) is 3. The topological polar surface area (TPSA) is 41.3 Å². The molecule has 1 aromatic carbocycles. The van der Waals surface area contributed by atoms with Gasteiger partial charge in [-0.2, -0.15) is 0 Å². The molecular weight excluding hydrogens is 162 g/mol. The summed E-state index contributed by atoms with van der Waals surface area (Å²) in [5.41, 5.74) is 5.13. The fourth-order valence-corrected chi connectivity index (χ4v) is 1.17. The third-order valence-electron chi connectivity index (χ3n) is 2.14. The molecule has 0 amide bonds. The molecule has 0 saturated heterocycles. The van der Waals surface area contributed by atoms with Crippen molar-refractivity contribution in [3.8, 4) is 0 Å². The van der Waals surface area contributed by atoms with Gasteiger partial charge in [0.2, 0.25) is 0 Å². The van der Waals surface area contributed by atoms with Gasteiger partial charge in [-0.05, 0) is 24.6 Å². The zero-order chi connectivity index (χ0) is 9.84. The molecular formula is C10H17N3. The second-order valence-corrected chi connectivity index (χ2v) is 3.38. The number of nitrogens with two attached hydrogens (primary N) is 1. The third-order valence-corrected chi connectivity index (χ3v) is 2.14. The third kappa shape index (κ3) is 2.44. The lowest BCUT2D eigenvalue weighted by atomic mass is 10.1. The Bertz CT molecular complexity index is 271. The highest BCUT2D eigenvalue weighted by Gasteiger charge is 2.03. The standard InChI is InChI=1S/C10H17N3/c1-8(12-11)9-5-4-6-10(7-9)13(2)3/h4-8,12H,11H2,1-3H3/t8-/m0/s1. The van der Waals surface area contributed by atoms with E-state index in [-0.39, 0.29) is 6.04 Å². The molecule has 3 N–H and O–H groups in total. The van der Waals surface area contributed by atoms with Crippen molar-refractivity contribution in [2.24, 2.45) is 5.84 Å². The summed E-state index contributed by atoms with van der Waals surface area (Å²) in [7, 11) is 4.05. The zero-order valence-corrected chi connectivity index (χ0v) is 8.41. The Labute approximate surface area is 79.5 Å². The van der Waals surface area contributed by atoms with Gasteiger partial charge in [0.15, 0.2) is 0 Å². The molecule has 0 spiro atoms. The molecule has 0 radical (unpaired) electrons. The van der Waals surface area contributed by atoms with E-state index in [2.05, 4.69) is 28.5 Å². The maximum Gasteiger partial charge on any atom is 0.0432 e. The SMILES string of the molecule is C[C@H](NN)c1cccc(N(C)C)c1. The van der Waals surface area contributed by atoms with Crippen LogP contribution in [0.1, 0.15) is 18.5 Å². The Balaban J connectivity index is 2.91. The number of nitrogens with one attached hydrogen (secondary N) is 1. The van der Waals surface area contributed by atoms with Gasteiger partial charge < -0.3 is 4.90 Å². The summed E-state index contributed by atoms with van der Waals surface area (Å²) >= 11 is 0. The van der Waals surface area contributed by atoms with Gasteiger partial charge in [-0.3, -0.25) is 11.3 Å². The largest absolute Gasteiger partial charge is 0.378 e. The van der Waals surface area contributed by atoms with Crippen LogP contribution in [0.5, 0.6) is 0 Å². The van der Waals surface area contributed by atoms with Crippen molar-refractivity contribution in [2.45, 2.75) is 13.0 Å². The lowest BCUT2D eigenvalue weighted by Gasteiger charge is -2.16. The van der Waals surface area contributed by atoms with E-state index in [1.165, 1.54) is 11.3 Å². The molecule has 1 aromatic rings. The molecule has 1 atom stereocenters. The van der Waals surface area contributed by atoms with Crippen molar-refractivity contribution in [1.29, 1.82) is 0 Å². The van der Waals surface area contributed by atoms with E-state index in [0.717, 1.165) is 0 Å². The summed E-state index contributed by atoms with van der Waals surface area (Å²) < 4.78 is 0. The van der Waals surface area contributed by atoms with Gasteiger partial charge in [-0.15, -0.1) is 0 Å². The number of hydrazine groups is 1. The predicted octanol–water partition coefficient (Wildman–Crippen LogP) is 1.28. The van der Waals surface area contributed by atoms with Crippen LogP contribution in [0.4, 0.5) is 5.69 Å². The highest BCUT2D eigenvalue weighted by molar-refractivity contribution is 5.47. The molecule has 0 aromatic heterocycles. The molecule has 0 aliphatic carbocycles. The molecule has 0 saturated carbocycles. The van der Waals surface area contributed by atoms with Gasteiger partial charge >= 0.3 is 0 Å². The number of anilines is 1. The second-order valence-electron chi connectivity index (χ2n) is 3.38. The smallest absolute Gasteiger partial charge is 0.0432 e. The summed E-state index contributed by atoms with van der Waals surface area (Å²) in [6.45, 7) is 2.04. The molecule has 0 fully saturated rings. The van der Waals surface area contributed by atoms with E-state index in [1.807, 2.05) is 27.1 Å². The van der Waals surface area contributed by atoms with Crippen LogP contribution in [0.2, 0.25) is 0 Å². The summed E-state index contributed by atoms with van der Waals surface area (Å²) in [4.78, 5) is 2.08. The minimum Gasteiger partial charge on any atom is -0.378 e. The van der Waals surface area contributed by atoms with Crippen molar-refractivity contribution in [3.63, 3.8) is 0 Å². The molecule has 3 nitrogen and oxygen atoms in total. The maximum atomic E-state index is 5.37. The Hall–Kier alpha value is -1.06. The molecule has 3 heteroatoms. The summed E-state index contributed by atoms with van der Waals surface area (Å²) in [6.07, 6.45) is 0.